The van der Waals surface area contributed by atoms with Crippen molar-refractivity contribution in [3.63, 3.8) is 0 Å². The maximum absolute atomic E-state index is 11.6. The van der Waals surface area contributed by atoms with Crippen molar-refractivity contribution in [2.45, 2.75) is 32.7 Å². The van der Waals surface area contributed by atoms with Gasteiger partial charge in [0.2, 0.25) is 0 Å². The molecular weight excluding hydrogens is 178 g/mol. The number of nitrogens with zero attached hydrogens (tertiary/aromatic N) is 1. The minimum atomic E-state index is 0.0555. The van der Waals surface area contributed by atoms with Crippen molar-refractivity contribution in [1.29, 1.82) is 0 Å². The predicted octanol–water partition coefficient (Wildman–Crippen LogP) is 0.368. The van der Waals surface area contributed by atoms with Crippen molar-refractivity contribution >= 4 is 0 Å². The Hall–Kier alpha value is -1.16. The number of rotatable bonds is 2. The third-order valence-electron chi connectivity index (χ3n) is 2.48. The minimum absolute atomic E-state index is 0.0555. The van der Waals surface area contributed by atoms with Gasteiger partial charge in [0.05, 0.1) is 5.69 Å². The first-order chi connectivity index (χ1) is 6.81. The summed E-state index contributed by atoms with van der Waals surface area (Å²) >= 11 is 0. The van der Waals surface area contributed by atoms with Crippen molar-refractivity contribution in [1.82, 2.24) is 15.3 Å². The Bertz CT molecular complexity index is 383. The first-order valence-corrected chi connectivity index (χ1v) is 5.13. The summed E-state index contributed by atoms with van der Waals surface area (Å²) in [6.07, 6.45) is 2.65. The lowest BCUT2D eigenvalue weighted by atomic mass is 10.1. The molecule has 0 atom stereocenters. The van der Waals surface area contributed by atoms with E-state index in [1.54, 1.807) is 0 Å². The zero-order chi connectivity index (χ0) is 9.97. The SMILES string of the molecule is CCCc1nc2c(c(=O)[nH]1)CCNC2. The summed E-state index contributed by atoms with van der Waals surface area (Å²) < 4.78 is 0. The van der Waals surface area contributed by atoms with Crippen molar-refractivity contribution < 1.29 is 0 Å². The molecule has 2 heterocycles. The second kappa shape index (κ2) is 3.92. The van der Waals surface area contributed by atoms with Crippen molar-refractivity contribution in [3.8, 4) is 0 Å². The molecule has 1 aromatic rings. The number of H-pyrrole nitrogens is 1. The largest absolute Gasteiger partial charge is 0.311 e. The topological polar surface area (TPSA) is 57.8 Å². The van der Waals surface area contributed by atoms with Crippen molar-refractivity contribution in [2.75, 3.05) is 6.54 Å². The van der Waals surface area contributed by atoms with Gasteiger partial charge in [0.1, 0.15) is 5.82 Å². The molecule has 1 aromatic heterocycles. The van der Waals surface area contributed by atoms with Crippen molar-refractivity contribution in [2.24, 2.45) is 0 Å². The highest BCUT2D eigenvalue weighted by Gasteiger charge is 2.14. The van der Waals surface area contributed by atoms with Gasteiger partial charge in [0.25, 0.3) is 5.56 Å². The monoisotopic (exact) mass is 193 g/mol. The Kier molecular flexibility index (Phi) is 2.63. The Morgan fingerprint density at radius 3 is 3.14 bits per heavy atom. The summed E-state index contributed by atoms with van der Waals surface area (Å²) in [6, 6.07) is 0. The quantitative estimate of drug-likeness (QED) is 0.713. The molecule has 0 aromatic carbocycles. The number of nitrogens with one attached hydrogen (secondary N) is 2. The molecule has 2 N–H and O–H groups in total. The third-order valence-corrected chi connectivity index (χ3v) is 2.48. The summed E-state index contributed by atoms with van der Waals surface area (Å²) in [4.78, 5) is 18.9. The Labute approximate surface area is 82.8 Å². The molecule has 0 aliphatic carbocycles. The molecule has 0 saturated carbocycles. The Morgan fingerprint density at radius 1 is 1.50 bits per heavy atom. The molecule has 76 valence electrons. The fraction of sp³-hybridized carbons (Fsp3) is 0.600. The maximum Gasteiger partial charge on any atom is 0.254 e. The minimum Gasteiger partial charge on any atom is -0.311 e. The standard InChI is InChI=1S/C10H15N3O/c1-2-3-9-12-8-6-11-5-4-7(8)10(14)13-9/h11H,2-6H2,1H3,(H,12,13,14). The van der Waals surface area contributed by atoms with Crippen LogP contribution < -0.4 is 10.9 Å². The Morgan fingerprint density at radius 2 is 2.36 bits per heavy atom. The Balaban J connectivity index is 2.41. The van der Waals surface area contributed by atoms with Crippen LogP contribution in [0, 0.1) is 0 Å². The molecule has 0 amide bonds. The van der Waals surface area contributed by atoms with E-state index in [2.05, 4.69) is 22.2 Å². The number of hydrogen-bond acceptors (Lipinski definition) is 3. The molecule has 0 radical (unpaired) electrons. The molecule has 2 rings (SSSR count). The maximum atomic E-state index is 11.6. The van der Waals surface area contributed by atoms with E-state index in [0.717, 1.165) is 49.4 Å². The van der Waals surface area contributed by atoms with E-state index < -0.39 is 0 Å². The van der Waals surface area contributed by atoms with Crippen LogP contribution in [0.1, 0.15) is 30.4 Å². The number of aromatic amines is 1. The van der Waals surface area contributed by atoms with E-state index in [9.17, 15) is 4.79 Å². The van der Waals surface area contributed by atoms with E-state index in [0.29, 0.717) is 0 Å². The number of fused-ring (bicyclic) bond motifs is 1. The molecule has 1 aliphatic heterocycles. The number of aromatic nitrogens is 2. The summed E-state index contributed by atoms with van der Waals surface area (Å²) in [5, 5.41) is 3.22. The van der Waals surface area contributed by atoms with E-state index in [-0.39, 0.29) is 5.56 Å². The third kappa shape index (κ3) is 1.70. The van der Waals surface area contributed by atoms with E-state index in [1.165, 1.54) is 0 Å². The number of aryl methyl sites for hydroxylation is 1. The summed E-state index contributed by atoms with van der Waals surface area (Å²) in [5.41, 5.74) is 1.85. The van der Waals surface area contributed by atoms with Gasteiger partial charge in [-0.15, -0.1) is 0 Å². The zero-order valence-electron chi connectivity index (χ0n) is 8.39. The highest BCUT2D eigenvalue weighted by Crippen LogP contribution is 2.06. The van der Waals surface area contributed by atoms with Gasteiger partial charge in [-0.1, -0.05) is 6.92 Å². The lowest BCUT2D eigenvalue weighted by molar-refractivity contribution is 0.609. The summed E-state index contributed by atoms with van der Waals surface area (Å²) in [6.45, 7) is 3.69. The molecule has 4 heteroatoms. The normalized spacial score (nSPS) is 15.2. The van der Waals surface area contributed by atoms with Crippen LogP contribution in [0.3, 0.4) is 0 Å². The smallest absolute Gasteiger partial charge is 0.254 e. The second-order valence-electron chi connectivity index (χ2n) is 3.61. The van der Waals surface area contributed by atoms with Crippen LogP contribution in [0.5, 0.6) is 0 Å². The fourth-order valence-corrected chi connectivity index (χ4v) is 1.78. The average molecular weight is 193 g/mol. The van der Waals surface area contributed by atoms with Crippen LogP contribution >= 0.6 is 0 Å². The van der Waals surface area contributed by atoms with Gasteiger partial charge in [-0.3, -0.25) is 4.79 Å². The first kappa shape index (κ1) is 9.40. The van der Waals surface area contributed by atoms with Crippen LogP contribution in [0.15, 0.2) is 4.79 Å². The fourth-order valence-electron chi connectivity index (χ4n) is 1.78. The van der Waals surface area contributed by atoms with Crippen LogP contribution in [0.25, 0.3) is 0 Å². The van der Waals surface area contributed by atoms with Gasteiger partial charge in [0, 0.05) is 18.5 Å². The molecule has 0 spiro atoms. The van der Waals surface area contributed by atoms with Crippen molar-refractivity contribution in [3.05, 3.63) is 27.4 Å². The molecular formula is C10H15N3O. The number of hydrogen-bond donors (Lipinski definition) is 2. The molecule has 14 heavy (non-hydrogen) atoms. The van der Waals surface area contributed by atoms with Gasteiger partial charge >= 0.3 is 0 Å². The molecule has 4 nitrogen and oxygen atoms in total. The van der Waals surface area contributed by atoms with Crippen LogP contribution in [-0.4, -0.2) is 16.5 Å². The van der Waals surface area contributed by atoms with Crippen LogP contribution in [0.4, 0.5) is 0 Å². The average Bonchev–Trinajstić information content (AvgIpc) is 2.18. The highest BCUT2D eigenvalue weighted by atomic mass is 16.1. The molecule has 0 bridgehead atoms. The molecule has 0 saturated heterocycles. The van der Waals surface area contributed by atoms with Gasteiger partial charge in [-0.25, -0.2) is 4.98 Å². The molecule has 0 fully saturated rings. The van der Waals surface area contributed by atoms with E-state index in [4.69, 9.17) is 0 Å². The van der Waals surface area contributed by atoms with Gasteiger partial charge in [-0.2, -0.15) is 0 Å². The van der Waals surface area contributed by atoms with E-state index in [1.807, 2.05) is 0 Å². The van der Waals surface area contributed by atoms with Crippen LogP contribution in [0.2, 0.25) is 0 Å². The highest BCUT2D eigenvalue weighted by molar-refractivity contribution is 5.20. The lowest BCUT2D eigenvalue weighted by Gasteiger charge is -2.15. The lowest BCUT2D eigenvalue weighted by Crippen LogP contribution is -2.31. The second-order valence-corrected chi connectivity index (χ2v) is 3.61. The van der Waals surface area contributed by atoms with Gasteiger partial charge in [-0.05, 0) is 19.4 Å². The van der Waals surface area contributed by atoms with Gasteiger partial charge < -0.3 is 10.3 Å². The molecule has 1 aliphatic rings. The van der Waals surface area contributed by atoms with Crippen LogP contribution in [-0.2, 0) is 19.4 Å². The summed E-state index contributed by atoms with van der Waals surface area (Å²) in [7, 11) is 0. The first-order valence-electron chi connectivity index (χ1n) is 5.13. The van der Waals surface area contributed by atoms with Gasteiger partial charge in [0.15, 0.2) is 0 Å². The summed E-state index contributed by atoms with van der Waals surface area (Å²) in [5.74, 6) is 0.819. The molecule has 0 unspecified atom stereocenters. The zero-order valence-corrected chi connectivity index (χ0v) is 8.39. The predicted molar refractivity (Wildman–Crippen MR) is 54.3 cm³/mol. The van der Waals surface area contributed by atoms with E-state index >= 15 is 0 Å².